The van der Waals surface area contributed by atoms with Crippen LogP contribution in [0.3, 0.4) is 0 Å². The average molecular weight is 302 g/mol. The van der Waals surface area contributed by atoms with Crippen LogP contribution >= 0.6 is 11.6 Å². The van der Waals surface area contributed by atoms with Gasteiger partial charge in [-0.1, -0.05) is 53.6 Å². The number of hydrogen-bond donors (Lipinski definition) is 1. The van der Waals surface area contributed by atoms with Crippen LogP contribution in [-0.4, -0.2) is 18.2 Å². The van der Waals surface area contributed by atoms with E-state index in [0.29, 0.717) is 23.6 Å². The molecule has 21 heavy (non-hydrogen) atoms. The van der Waals surface area contributed by atoms with Gasteiger partial charge in [-0.05, 0) is 31.0 Å². The van der Waals surface area contributed by atoms with E-state index < -0.39 is 11.7 Å². The number of carbonyl (C=O) groups is 2. The number of amides is 1. The summed E-state index contributed by atoms with van der Waals surface area (Å²) in [5.74, 6) is -1.10. The molecule has 0 aliphatic rings. The van der Waals surface area contributed by atoms with Crippen molar-refractivity contribution in [3.05, 3.63) is 70.2 Å². The highest BCUT2D eigenvalue weighted by Gasteiger charge is 2.15. The second-order valence-electron chi connectivity index (χ2n) is 4.83. The fourth-order valence-corrected chi connectivity index (χ4v) is 2.14. The molecule has 2 rings (SSSR count). The molecule has 2 aromatic carbocycles. The van der Waals surface area contributed by atoms with E-state index in [4.69, 9.17) is 11.6 Å². The lowest BCUT2D eigenvalue weighted by molar-refractivity contribution is -0.116. The molecule has 0 saturated heterocycles. The minimum absolute atomic E-state index is 0.400. The summed E-state index contributed by atoms with van der Waals surface area (Å²) in [5, 5.41) is 3.29. The molecule has 0 aliphatic carbocycles. The van der Waals surface area contributed by atoms with E-state index in [1.165, 1.54) is 0 Å². The molecular formula is C17H16ClNO2. The van der Waals surface area contributed by atoms with Gasteiger partial charge in [-0.25, -0.2) is 0 Å². The van der Waals surface area contributed by atoms with Gasteiger partial charge in [0, 0.05) is 17.1 Å². The van der Waals surface area contributed by atoms with Crippen LogP contribution in [0.4, 0.5) is 0 Å². The first-order valence-electron chi connectivity index (χ1n) is 6.70. The van der Waals surface area contributed by atoms with Gasteiger partial charge in [0.15, 0.2) is 0 Å². The average Bonchev–Trinajstić information content (AvgIpc) is 2.47. The second-order valence-corrected chi connectivity index (χ2v) is 5.27. The SMILES string of the molecule is Cc1ccc(C(=O)C(=O)NCCc2cccc(Cl)c2)cc1. The standard InChI is InChI=1S/C17H16ClNO2/c1-12-5-7-14(8-6-12)16(20)17(21)19-10-9-13-3-2-4-15(18)11-13/h2-8,11H,9-10H2,1H3,(H,19,21). The van der Waals surface area contributed by atoms with E-state index in [1.807, 2.05) is 37.3 Å². The lowest BCUT2D eigenvalue weighted by Gasteiger charge is -2.05. The van der Waals surface area contributed by atoms with Crippen LogP contribution < -0.4 is 5.32 Å². The van der Waals surface area contributed by atoms with E-state index in [0.717, 1.165) is 11.1 Å². The van der Waals surface area contributed by atoms with Crippen molar-refractivity contribution in [3.63, 3.8) is 0 Å². The number of aryl methyl sites for hydroxylation is 1. The Morgan fingerprint density at radius 1 is 1.10 bits per heavy atom. The van der Waals surface area contributed by atoms with Gasteiger partial charge in [-0.15, -0.1) is 0 Å². The normalized spacial score (nSPS) is 10.2. The first-order chi connectivity index (χ1) is 10.1. The van der Waals surface area contributed by atoms with Crippen LogP contribution in [0.5, 0.6) is 0 Å². The van der Waals surface area contributed by atoms with E-state index in [9.17, 15) is 9.59 Å². The Morgan fingerprint density at radius 2 is 1.81 bits per heavy atom. The number of nitrogens with one attached hydrogen (secondary N) is 1. The Balaban J connectivity index is 1.87. The van der Waals surface area contributed by atoms with E-state index in [1.54, 1.807) is 18.2 Å². The third kappa shape index (κ3) is 4.43. The third-order valence-electron chi connectivity index (χ3n) is 3.11. The topological polar surface area (TPSA) is 46.2 Å². The van der Waals surface area contributed by atoms with E-state index >= 15 is 0 Å². The maximum atomic E-state index is 11.9. The molecule has 0 saturated carbocycles. The van der Waals surface area contributed by atoms with Crippen LogP contribution in [0.25, 0.3) is 0 Å². The van der Waals surface area contributed by atoms with Crippen LogP contribution in [0, 0.1) is 6.92 Å². The minimum Gasteiger partial charge on any atom is -0.349 e. The van der Waals surface area contributed by atoms with Gasteiger partial charge < -0.3 is 5.32 Å². The summed E-state index contributed by atoms with van der Waals surface area (Å²) in [6.45, 7) is 2.33. The van der Waals surface area contributed by atoms with Crippen LogP contribution in [0.2, 0.25) is 5.02 Å². The highest BCUT2D eigenvalue weighted by molar-refractivity contribution is 6.42. The molecule has 0 heterocycles. The molecule has 4 heteroatoms. The Hall–Kier alpha value is -2.13. The second kappa shape index (κ2) is 7.04. The molecule has 1 N–H and O–H groups in total. The van der Waals surface area contributed by atoms with Crippen molar-refractivity contribution in [2.24, 2.45) is 0 Å². The number of carbonyl (C=O) groups excluding carboxylic acids is 2. The summed E-state index contributed by atoms with van der Waals surface area (Å²) in [6.07, 6.45) is 0.632. The van der Waals surface area contributed by atoms with Crippen molar-refractivity contribution in [2.75, 3.05) is 6.54 Å². The number of ketones is 1. The molecule has 0 aromatic heterocycles. The van der Waals surface area contributed by atoms with E-state index in [2.05, 4.69) is 5.32 Å². The highest BCUT2D eigenvalue weighted by atomic mass is 35.5. The Bertz CT molecular complexity index is 650. The van der Waals surface area contributed by atoms with Crippen LogP contribution in [0.1, 0.15) is 21.5 Å². The van der Waals surface area contributed by atoms with Crippen molar-refractivity contribution in [1.29, 1.82) is 0 Å². The van der Waals surface area contributed by atoms with Gasteiger partial charge in [-0.2, -0.15) is 0 Å². The zero-order valence-electron chi connectivity index (χ0n) is 11.7. The zero-order chi connectivity index (χ0) is 15.2. The molecule has 0 radical (unpaired) electrons. The first kappa shape index (κ1) is 15.3. The predicted molar refractivity (Wildman–Crippen MR) is 83.7 cm³/mol. The van der Waals surface area contributed by atoms with Gasteiger partial charge in [0.25, 0.3) is 5.91 Å². The quantitative estimate of drug-likeness (QED) is 0.681. The lowest BCUT2D eigenvalue weighted by Crippen LogP contribution is -2.32. The van der Waals surface area contributed by atoms with Crippen molar-refractivity contribution < 1.29 is 9.59 Å². The number of rotatable bonds is 5. The molecule has 0 aliphatic heterocycles. The molecule has 3 nitrogen and oxygen atoms in total. The molecule has 1 amide bonds. The van der Waals surface area contributed by atoms with E-state index in [-0.39, 0.29) is 0 Å². The zero-order valence-corrected chi connectivity index (χ0v) is 12.5. The van der Waals surface area contributed by atoms with Gasteiger partial charge >= 0.3 is 0 Å². The largest absolute Gasteiger partial charge is 0.349 e. The van der Waals surface area contributed by atoms with Gasteiger partial charge in [0.2, 0.25) is 5.78 Å². The maximum absolute atomic E-state index is 11.9. The summed E-state index contributed by atoms with van der Waals surface area (Å²) in [4.78, 5) is 23.7. The smallest absolute Gasteiger partial charge is 0.292 e. The predicted octanol–water partition coefficient (Wildman–Crippen LogP) is 3.19. The third-order valence-corrected chi connectivity index (χ3v) is 3.34. The van der Waals surface area contributed by atoms with Crippen molar-refractivity contribution in [2.45, 2.75) is 13.3 Å². The fourth-order valence-electron chi connectivity index (χ4n) is 1.93. The highest BCUT2D eigenvalue weighted by Crippen LogP contribution is 2.10. The summed E-state index contributed by atoms with van der Waals surface area (Å²) >= 11 is 5.89. The number of Topliss-reactive ketones (excluding diaryl/α,β-unsaturated/α-hetero) is 1. The Labute approximate surface area is 128 Å². The molecule has 0 atom stereocenters. The molecule has 108 valence electrons. The molecule has 0 unspecified atom stereocenters. The van der Waals surface area contributed by atoms with Crippen molar-refractivity contribution in [3.8, 4) is 0 Å². The monoisotopic (exact) mass is 301 g/mol. The fraction of sp³-hybridized carbons (Fsp3) is 0.176. The van der Waals surface area contributed by atoms with Crippen molar-refractivity contribution >= 4 is 23.3 Å². The summed E-state index contributed by atoms with van der Waals surface area (Å²) < 4.78 is 0. The number of benzene rings is 2. The van der Waals surface area contributed by atoms with Crippen LogP contribution in [-0.2, 0) is 11.2 Å². The molecular weight excluding hydrogens is 286 g/mol. The van der Waals surface area contributed by atoms with Gasteiger partial charge in [-0.3, -0.25) is 9.59 Å². The molecule has 2 aromatic rings. The van der Waals surface area contributed by atoms with Gasteiger partial charge in [0.1, 0.15) is 0 Å². The summed E-state index contributed by atoms with van der Waals surface area (Å²) in [7, 11) is 0. The number of halogens is 1. The Kier molecular flexibility index (Phi) is 5.12. The first-order valence-corrected chi connectivity index (χ1v) is 7.08. The number of hydrogen-bond acceptors (Lipinski definition) is 2. The molecule has 0 fully saturated rings. The summed E-state index contributed by atoms with van der Waals surface area (Å²) in [5.41, 5.74) is 2.47. The van der Waals surface area contributed by atoms with Gasteiger partial charge in [0.05, 0.1) is 0 Å². The minimum atomic E-state index is -0.583. The van der Waals surface area contributed by atoms with Crippen LogP contribution in [0.15, 0.2) is 48.5 Å². The van der Waals surface area contributed by atoms with Crippen molar-refractivity contribution in [1.82, 2.24) is 5.32 Å². The molecule has 0 spiro atoms. The lowest BCUT2D eigenvalue weighted by atomic mass is 10.1. The Morgan fingerprint density at radius 3 is 2.48 bits per heavy atom. The maximum Gasteiger partial charge on any atom is 0.292 e. The molecule has 0 bridgehead atoms. The summed E-state index contributed by atoms with van der Waals surface area (Å²) in [6, 6.07) is 14.4.